The number of anilines is 2. The Kier molecular flexibility index (Phi) is 4.50. The van der Waals surface area contributed by atoms with Crippen molar-refractivity contribution in [2.24, 2.45) is 0 Å². The van der Waals surface area contributed by atoms with Gasteiger partial charge in [-0.3, -0.25) is 0 Å². The summed E-state index contributed by atoms with van der Waals surface area (Å²) >= 11 is 0. The molecule has 21 heavy (non-hydrogen) atoms. The van der Waals surface area contributed by atoms with Gasteiger partial charge >= 0.3 is 0 Å². The van der Waals surface area contributed by atoms with E-state index in [-0.39, 0.29) is 4.90 Å². The van der Waals surface area contributed by atoms with Crippen LogP contribution >= 0.6 is 0 Å². The number of hydrogen-bond acceptors (Lipinski definition) is 4. The second kappa shape index (κ2) is 6.15. The van der Waals surface area contributed by atoms with Gasteiger partial charge in [0.1, 0.15) is 0 Å². The van der Waals surface area contributed by atoms with Crippen molar-refractivity contribution in [1.29, 1.82) is 0 Å². The van der Waals surface area contributed by atoms with Crippen LogP contribution in [0.5, 0.6) is 0 Å². The Bertz CT molecular complexity index is 715. The van der Waals surface area contributed by atoms with E-state index in [1.165, 1.54) is 13.1 Å². The van der Waals surface area contributed by atoms with Crippen LogP contribution in [-0.2, 0) is 16.6 Å². The highest BCUT2D eigenvalue weighted by molar-refractivity contribution is 7.89. The second-order valence-electron chi connectivity index (χ2n) is 4.77. The third-order valence-electron chi connectivity index (χ3n) is 3.25. The summed E-state index contributed by atoms with van der Waals surface area (Å²) < 4.78 is 25.8. The van der Waals surface area contributed by atoms with Crippen LogP contribution in [0.15, 0.2) is 53.4 Å². The maximum atomic E-state index is 11.7. The third-order valence-corrected chi connectivity index (χ3v) is 4.66. The highest BCUT2D eigenvalue weighted by Gasteiger charge is 2.14. The van der Waals surface area contributed by atoms with Gasteiger partial charge in [0.2, 0.25) is 10.0 Å². The maximum absolute atomic E-state index is 11.7. The van der Waals surface area contributed by atoms with Crippen LogP contribution in [0.1, 0.15) is 5.56 Å². The number of hydrogen-bond donors (Lipinski definition) is 2. The summed E-state index contributed by atoms with van der Waals surface area (Å²) in [6, 6.07) is 14.8. The Balaban J connectivity index is 2.25. The number of nitrogens with one attached hydrogen (secondary N) is 1. The molecule has 0 saturated carbocycles. The molecule has 0 unspecified atom stereocenters. The zero-order valence-electron chi connectivity index (χ0n) is 12.1. The number of sulfonamides is 1. The average Bonchev–Trinajstić information content (AvgIpc) is 2.48. The Labute approximate surface area is 125 Å². The zero-order valence-corrected chi connectivity index (χ0v) is 12.9. The largest absolute Gasteiger partial charge is 0.397 e. The van der Waals surface area contributed by atoms with Gasteiger partial charge in [0.25, 0.3) is 0 Å². The normalized spacial score (nSPS) is 11.3. The van der Waals surface area contributed by atoms with Gasteiger partial charge < -0.3 is 10.6 Å². The number of nitrogens with two attached hydrogens (primary N) is 1. The van der Waals surface area contributed by atoms with Crippen LogP contribution < -0.4 is 15.4 Å². The predicted octanol–water partition coefficient (Wildman–Crippen LogP) is 1.81. The molecule has 0 atom stereocenters. The molecule has 112 valence electrons. The van der Waals surface area contributed by atoms with Gasteiger partial charge in [-0.15, -0.1) is 0 Å². The Morgan fingerprint density at radius 1 is 1.14 bits per heavy atom. The van der Waals surface area contributed by atoms with Gasteiger partial charge in [0.15, 0.2) is 0 Å². The number of rotatable bonds is 5. The van der Waals surface area contributed by atoms with E-state index in [0.29, 0.717) is 12.2 Å². The summed E-state index contributed by atoms with van der Waals surface area (Å²) in [5.74, 6) is 0. The Morgan fingerprint density at radius 3 is 2.38 bits per heavy atom. The fourth-order valence-corrected chi connectivity index (χ4v) is 2.87. The molecule has 0 aromatic heterocycles. The molecule has 6 heteroatoms. The number of nitrogens with zero attached hydrogens (tertiary/aromatic N) is 1. The molecule has 0 spiro atoms. The van der Waals surface area contributed by atoms with E-state index in [2.05, 4.69) is 4.72 Å². The molecular formula is C15H19N3O2S. The minimum absolute atomic E-state index is 0.166. The first kappa shape index (κ1) is 15.3. The van der Waals surface area contributed by atoms with Crippen molar-refractivity contribution in [2.75, 3.05) is 24.7 Å². The molecule has 2 rings (SSSR count). The SMILES string of the molecule is CNS(=O)(=O)c1ccc(N(C)Cc2ccccc2)c(N)c1. The van der Waals surface area contributed by atoms with Crippen molar-refractivity contribution in [1.82, 2.24) is 4.72 Å². The van der Waals surface area contributed by atoms with Crippen LogP contribution in [0, 0.1) is 0 Å². The molecule has 0 radical (unpaired) electrons. The van der Waals surface area contributed by atoms with Crippen molar-refractivity contribution < 1.29 is 8.42 Å². The number of benzene rings is 2. The molecule has 2 aromatic rings. The lowest BCUT2D eigenvalue weighted by atomic mass is 10.2. The predicted molar refractivity (Wildman–Crippen MR) is 85.6 cm³/mol. The molecule has 0 aliphatic heterocycles. The van der Waals surface area contributed by atoms with Gasteiger partial charge in [-0.1, -0.05) is 30.3 Å². The molecule has 0 aliphatic rings. The molecule has 3 N–H and O–H groups in total. The summed E-state index contributed by atoms with van der Waals surface area (Å²) in [4.78, 5) is 2.15. The first-order valence-corrected chi connectivity index (χ1v) is 8.00. The lowest BCUT2D eigenvalue weighted by molar-refractivity contribution is 0.588. The topological polar surface area (TPSA) is 75.4 Å². The minimum Gasteiger partial charge on any atom is -0.397 e. The molecule has 0 saturated heterocycles. The highest BCUT2D eigenvalue weighted by atomic mass is 32.2. The van der Waals surface area contributed by atoms with Crippen molar-refractivity contribution in [3.63, 3.8) is 0 Å². The van der Waals surface area contributed by atoms with Gasteiger partial charge in [-0.05, 0) is 30.8 Å². The Morgan fingerprint density at radius 2 is 1.81 bits per heavy atom. The minimum atomic E-state index is -3.47. The van der Waals surface area contributed by atoms with Crippen LogP contribution in [0.4, 0.5) is 11.4 Å². The van der Waals surface area contributed by atoms with E-state index in [1.807, 2.05) is 42.3 Å². The maximum Gasteiger partial charge on any atom is 0.240 e. The van der Waals surface area contributed by atoms with Crippen molar-refractivity contribution in [2.45, 2.75) is 11.4 Å². The lowest BCUT2D eigenvalue weighted by Crippen LogP contribution is -2.20. The summed E-state index contributed by atoms with van der Waals surface area (Å²) in [6.45, 7) is 0.698. The fraction of sp³-hybridized carbons (Fsp3) is 0.200. The van der Waals surface area contributed by atoms with Crippen LogP contribution in [0.25, 0.3) is 0 Å². The summed E-state index contributed by atoms with van der Waals surface area (Å²) in [5.41, 5.74) is 8.39. The summed E-state index contributed by atoms with van der Waals surface area (Å²) in [7, 11) is -0.173. The lowest BCUT2D eigenvalue weighted by Gasteiger charge is -2.21. The van der Waals surface area contributed by atoms with Gasteiger partial charge in [-0.25, -0.2) is 13.1 Å². The van der Waals surface area contributed by atoms with E-state index in [4.69, 9.17) is 5.73 Å². The van der Waals surface area contributed by atoms with E-state index in [9.17, 15) is 8.42 Å². The molecule has 0 bridgehead atoms. The quantitative estimate of drug-likeness (QED) is 0.826. The smallest absolute Gasteiger partial charge is 0.240 e. The highest BCUT2D eigenvalue weighted by Crippen LogP contribution is 2.26. The average molecular weight is 305 g/mol. The second-order valence-corrected chi connectivity index (χ2v) is 6.66. The van der Waals surface area contributed by atoms with Gasteiger partial charge in [0, 0.05) is 13.6 Å². The molecule has 0 fully saturated rings. The first-order valence-electron chi connectivity index (χ1n) is 6.52. The van der Waals surface area contributed by atoms with Gasteiger partial charge in [0.05, 0.1) is 16.3 Å². The van der Waals surface area contributed by atoms with E-state index in [1.54, 1.807) is 12.1 Å². The van der Waals surface area contributed by atoms with E-state index >= 15 is 0 Å². The van der Waals surface area contributed by atoms with Crippen LogP contribution in [-0.4, -0.2) is 22.5 Å². The Hall–Kier alpha value is -2.05. The van der Waals surface area contributed by atoms with E-state index in [0.717, 1.165) is 11.3 Å². The molecule has 0 aliphatic carbocycles. The fourth-order valence-electron chi connectivity index (χ4n) is 2.11. The van der Waals surface area contributed by atoms with Crippen molar-refractivity contribution in [3.05, 3.63) is 54.1 Å². The summed E-state index contributed by atoms with van der Waals surface area (Å²) in [5, 5.41) is 0. The van der Waals surface area contributed by atoms with Crippen LogP contribution in [0.3, 0.4) is 0 Å². The van der Waals surface area contributed by atoms with Crippen molar-refractivity contribution in [3.8, 4) is 0 Å². The molecule has 2 aromatic carbocycles. The van der Waals surface area contributed by atoms with E-state index < -0.39 is 10.0 Å². The third kappa shape index (κ3) is 3.53. The van der Waals surface area contributed by atoms with Gasteiger partial charge in [-0.2, -0.15) is 0 Å². The molecule has 0 heterocycles. The summed E-state index contributed by atoms with van der Waals surface area (Å²) in [6.07, 6.45) is 0. The number of nitrogen functional groups attached to an aromatic ring is 1. The molecule has 5 nitrogen and oxygen atoms in total. The molecule has 0 amide bonds. The monoisotopic (exact) mass is 305 g/mol. The molecular weight excluding hydrogens is 286 g/mol. The van der Waals surface area contributed by atoms with Crippen molar-refractivity contribution >= 4 is 21.4 Å². The van der Waals surface area contributed by atoms with Crippen LogP contribution in [0.2, 0.25) is 0 Å². The first-order chi connectivity index (χ1) is 9.94. The zero-order chi connectivity index (χ0) is 15.5. The standard InChI is InChI=1S/C15H19N3O2S/c1-17-21(19,20)13-8-9-15(14(16)10-13)18(2)11-12-6-4-3-5-7-12/h3-10,17H,11,16H2,1-2H3.